The van der Waals surface area contributed by atoms with Crippen molar-refractivity contribution in [2.45, 2.75) is 61.6 Å². The van der Waals surface area contributed by atoms with Crippen LogP contribution in [-0.4, -0.2) is 39.8 Å². The molecule has 0 spiro atoms. The van der Waals surface area contributed by atoms with E-state index >= 15 is 8.60 Å². The van der Waals surface area contributed by atoms with Gasteiger partial charge in [-0.2, -0.15) is 9.46 Å². The van der Waals surface area contributed by atoms with Crippen molar-refractivity contribution in [2.24, 2.45) is 4.36 Å². The third-order valence-corrected chi connectivity index (χ3v) is 11.8. The molecule has 2 N–H and O–H groups in total. The van der Waals surface area contributed by atoms with Crippen molar-refractivity contribution in [2.75, 3.05) is 19.0 Å². The largest absolute Gasteiger partial charge is 0.469 e. The lowest BCUT2D eigenvalue weighted by atomic mass is 9.78. The van der Waals surface area contributed by atoms with Crippen LogP contribution in [0.25, 0.3) is 0 Å². The van der Waals surface area contributed by atoms with Gasteiger partial charge in [0.05, 0.1) is 19.3 Å². The Morgan fingerprint density at radius 2 is 1.42 bits per heavy atom. The number of carbonyl (C=O) groups is 1. The minimum absolute atomic E-state index is 0.133. The van der Waals surface area contributed by atoms with Crippen molar-refractivity contribution >= 4 is 21.6 Å². The zero-order chi connectivity index (χ0) is 34.3. The number of anilines is 1. The molecule has 2 aliphatic carbocycles. The highest BCUT2D eigenvalue weighted by molar-refractivity contribution is 7.92. The van der Waals surface area contributed by atoms with E-state index in [2.05, 4.69) is 15.1 Å². The Balaban J connectivity index is 1.33. The number of nitrogens with one attached hydrogen (secondary N) is 2. The molecule has 2 atom stereocenters. The highest BCUT2D eigenvalue weighted by Crippen LogP contribution is 2.44. The molecular weight excluding hydrogens is 654 g/mol. The van der Waals surface area contributed by atoms with Crippen molar-refractivity contribution in [3.8, 4) is 5.88 Å². The summed E-state index contributed by atoms with van der Waals surface area (Å²) in [5.41, 5.74) is 4.55. The van der Waals surface area contributed by atoms with Crippen molar-refractivity contribution in [3.05, 3.63) is 142 Å². The third kappa shape index (κ3) is 5.45. The molecule has 0 radical (unpaired) electrons. The van der Waals surface area contributed by atoms with Crippen molar-refractivity contribution in [1.29, 1.82) is 0 Å². The van der Waals surface area contributed by atoms with Crippen LogP contribution >= 0.6 is 0 Å². The molecule has 2 heterocycles. The number of methoxy groups -OCH3 is 1. The Bertz CT molecular complexity index is 2050. The number of hydrogen-bond acceptors (Lipinski definition) is 6. The van der Waals surface area contributed by atoms with Gasteiger partial charge in [-0.15, -0.1) is 0 Å². The second-order valence-electron chi connectivity index (χ2n) is 13.0. The second-order valence-corrected chi connectivity index (χ2v) is 14.9. The van der Waals surface area contributed by atoms with E-state index in [0.29, 0.717) is 55.6 Å². The van der Waals surface area contributed by atoms with Crippen LogP contribution in [0, 0.1) is 5.82 Å². The summed E-state index contributed by atoms with van der Waals surface area (Å²) in [5, 5.41) is 7.57. The standard InChI is InChI=1S/C39H38FN5O4S/c1-48-25-29-24-45-37(49-29)34(23-41-45)50(47,43-38(46)42-36-32-21-11-19-30(32)35(40)31-20-12-22-33(31)36)44-39(26-13-5-2-6-14-26,27-15-7-3-8-16-27)28-17-9-4-10-18-28/h2-10,13-18,23,29H,11-12,19-22,24-25H2,1H3,(H2,42,43,44,46,47)/t29-,50?/m0/s1. The van der Waals surface area contributed by atoms with E-state index in [1.165, 1.54) is 6.20 Å². The quantitative estimate of drug-likeness (QED) is 0.163. The average molecular weight is 692 g/mol. The van der Waals surface area contributed by atoms with Crippen LogP contribution in [0.3, 0.4) is 0 Å². The van der Waals surface area contributed by atoms with E-state index in [-0.39, 0.29) is 22.7 Å². The summed E-state index contributed by atoms with van der Waals surface area (Å²) in [5.74, 6) is 0.124. The predicted octanol–water partition coefficient (Wildman–Crippen LogP) is 6.96. The van der Waals surface area contributed by atoms with Gasteiger partial charge >= 0.3 is 6.03 Å². The lowest BCUT2D eigenvalue weighted by Crippen LogP contribution is -2.38. The Hall–Kier alpha value is -5.00. The molecule has 8 rings (SSSR count). The van der Waals surface area contributed by atoms with E-state index in [1.54, 1.807) is 11.8 Å². The monoisotopic (exact) mass is 691 g/mol. The van der Waals surface area contributed by atoms with E-state index in [1.807, 2.05) is 91.0 Å². The normalized spacial score (nSPS) is 17.3. The Labute approximate surface area is 291 Å². The molecule has 5 aromatic rings. The molecule has 0 bridgehead atoms. The van der Waals surface area contributed by atoms with Gasteiger partial charge in [0.1, 0.15) is 22.4 Å². The maximum Gasteiger partial charge on any atom is 0.331 e. The number of halogens is 1. The molecule has 256 valence electrons. The Kier molecular flexibility index (Phi) is 8.40. The fourth-order valence-electron chi connectivity index (χ4n) is 7.78. The number of fused-ring (bicyclic) bond motifs is 3. The molecule has 1 aromatic heterocycles. The highest BCUT2D eigenvalue weighted by Gasteiger charge is 2.41. The van der Waals surface area contributed by atoms with Gasteiger partial charge in [0.25, 0.3) is 0 Å². The summed E-state index contributed by atoms with van der Waals surface area (Å²) in [6.45, 7) is 0.692. The van der Waals surface area contributed by atoms with Crippen molar-refractivity contribution < 1.29 is 22.9 Å². The van der Waals surface area contributed by atoms with Crippen molar-refractivity contribution in [3.63, 3.8) is 0 Å². The van der Waals surface area contributed by atoms with Crippen LogP contribution in [0.4, 0.5) is 14.9 Å². The molecule has 1 aliphatic heterocycles. The molecule has 3 aliphatic rings. The third-order valence-electron chi connectivity index (χ3n) is 9.94. The SMILES string of the molecule is COC[C@@H]1Cn2ncc(S(=O)(=NC(c3ccccc3)(c3ccccc3)c3ccccc3)NC(=O)Nc3c4c(c(F)c5c3CCC5)CCC4)c2O1. The Morgan fingerprint density at radius 1 is 0.900 bits per heavy atom. The van der Waals surface area contributed by atoms with Crippen LogP contribution in [0.1, 0.15) is 51.8 Å². The smallest absolute Gasteiger partial charge is 0.331 e. The molecular formula is C39H38FN5O4S. The molecule has 9 nitrogen and oxygen atoms in total. The van der Waals surface area contributed by atoms with Gasteiger partial charge in [-0.3, -0.25) is 0 Å². The topological polar surface area (TPSA) is 107 Å². The van der Waals surface area contributed by atoms with Crippen LogP contribution < -0.4 is 14.8 Å². The molecule has 50 heavy (non-hydrogen) atoms. The van der Waals surface area contributed by atoms with Gasteiger partial charge in [-0.1, -0.05) is 91.0 Å². The predicted molar refractivity (Wildman–Crippen MR) is 189 cm³/mol. The number of benzene rings is 4. The van der Waals surface area contributed by atoms with Crippen LogP contribution in [0.15, 0.2) is 106 Å². The first-order chi connectivity index (χ1) is 24.4. The molecule has 4 aromatic carbocycles. The van der Waals surface area contributed by atoms with Crippen LogP contribution in [0.5, 0.6) is 5.88 Å². The van der Waals surface area contributed by atoms with Gasteiger partial charge in [-0.05, 0) is 77.5 Å². The minimum atomic E-state index is -3.91. The summed E-state index contributed by atoms with van der Waals surface area (Å²) < 4.78 is 52.9. The fraction of sp³-hybridized carbons (Fsp3) is 0.282. The fourth-order valence-corrected chi connectivity index (χ4v) is 9.61. The number of amides is 2. The molecule has 0 saturated carbocycles. The zero-order valence-electron chi connectivity index (χ0n) is 27.7. The molecule has 2 amide bonds. The van der Waals surface area contributed by atoms with Gasteiger partial charge in [-0.25, -0.2) is 22.8 Å². The highest BCUT2D eigenvalue weighted by atomic mass is 32.2. The first kappa shape index (κ1) is 32.2. The lowest BCUT2D eigenvalue weighted by Gasteiger charge is -2.33. The summed E-state index contributed by atoms with van der Waals surface area (Å²) in [4.78, 5) is 14.5. The first-order valence-electron chi connectivity index (χ1n) is 17.0. The van der Waals surface area contributed by atoms with Crippen LogP contribution in [-0.2, 0) is 52.4 Å². The minimum Gasteiger partial charge on any atom is -0.469 e. The molecule has 11 heteroatoms. The van der Waals surface area contributed by atoms with Crippen molar-refractivity contribution in [1.82, 2.24) is 14.5 Å². The van der Waals surface area contributed by atoms with E-state index in [4.69, 9.17) is 13.8 Å². The Morgan fingerprint density at radius 3 is 1.94 bits per heavy atom. The number of carbonyl (C=O) groups excluding carboxylic acids is 1. The number of hydrogen-bond donors (Lipinski definition) is 2. The zero-order valence-corrected chi connectivity index (χ0v) is 28.5. The summed E-state index contributed by atoms with van der Waals surface area (Å²) in [6.07, 6.45) is 5.33. The molecule has 0 saturated heterocycles. The van der Waals surface area contributed by atoms with Gasteiger partial charge in [0.2, 0.25) is 5.88 Å². The summed E-state index contributed by atoms with van der Waals surface area (Å²) in [7, 11) is -2.32. The van der Waals surface area contributed by atoms with Gasteiger partial charge < -0.3 is 14.8 Å². The maximum absolute atomic E-state index is 16.0. The maximum atomic E-state index is 16.0. The van der Waals surface area contributed by atoms with Crippen LogP contribution in [0.2, 0.25) is 0 Å². The van der Waals surface area contributed by atoms with Gasteiger partial charge in [0, 0.05) is 12.8 Å². The lowest BCUT2D eigenvalue weighted by molar-refractivity contribution is 0.0920. The van der Waals surface area contributed by atoms with Gasteiger partial charge in [0.15, 0.2) is 9.92 Å². The number of aromatic nitrogens is 2. The molecule has 1 unspecified atom stereocenters. The van der Waals surface area contributed by atoms with E-state index in [9.17, 15) is 4.79 Å². The summed E-state index contributed by atoms with van der Waals surface area (Å²) in [6, 6.07) is 28.2. The number of nitrogens with zero attached hydrogens (tertiary/aromatic N) is 3. The number of ether oxygens (including phenoxy) is 2. The first-order valence-corrected chi connectivity index (χ1v) is 18.5. The second kappa shape index (κ2) is 13.0. The number of urea groups is 1. The number of rotatable bonds is 9. The van der Waals surface area contributed by atoms with E-state index < -0.39 is 21.5 Å². The van der Waals surface area contributed by atoms with E-state index in [0.717, 1.165) is 40.7 Å². The average Bonchev–Trinajstić information content (AvgIpc) is 3.96. The molecule has 0 fully saturated rings. The summed E-state index contributed by atoms with van der Waals surface area (Å²) >= 11 is 0.